The quantitative estimate of drug-likeness (QED) is 0.793. The molecule has 1 heterocycles. The van der Waals surface area contributed by atoms with Crippen molar-refractivity contribution in [2.45, 2.75) is 60.5 Å². The second kappa shape index (κ2) is 6.61. The molecule has 1 aliphatic heterocycles. The summed E-state index contributed by atoms with van der Waals surface area (Å²) in [5.41, 5.74) is 0. The normalized spacial score (nSPS) is 39.5. The maximum atomic E-state index is 12.6. The highest BCUT2D eigenvalue weighted by Gasteiger charge is 2.38. The van der Waals surface area contributed by atoms with Crippen LogP contribution in [0.1, 0.15) is 39.5 Å². The molecule has 116 valence electrons. The average molecular weight is 337 g/mol. The highest BCUT2D eigenvalue weighted by Crippen LogP contribution is 2.39. The molecule has 0 aromatic rings. The van der Waals surface area contributed by atoms with Gasteiger partial charge in [-0.25, -0.2) is 8.42 Å². The van der Waals surface area contributed by atoms with Crippen LogP contribution >= 0.6 is 23.5 Å². The number of carbonyl (C=O) groups is 1. The minimum Gasteiger partial charge on any atom is -0.298 e. The van der Waals surface area contributed by atoms with Gasteiger partial charge in [-0.1, -0.05) is 20.3 Å². The van der Waals surface area contributed by atoms with Crippen LogP contribution in [0.4, 0.5) is 0 Å². The largest absolute Gasteiger partial charge is 0.298 e. The predicted octanol–water partition coefficient (Wildman–Crippen LogP) is 2.78. The highest BCUT2D eigenvalue weighted by atomic mass is 32.2. The number of ketones is 1. The molecule has 2 fully saturated rings. The van der Waals surface area contributed by atoms with E-state index in [0.717, 1.165) is 25.0 Å². The van der Waals surface area contributed by atoms with Crippen LogP contribution in [0.2, 0.25) is 0 Å². The van der Waals surface area contributed by atoms with Gasteiger partial charge in [0, 0.05) is 28.4 Å². The van der Waals surface area contributed by atoms with Gasteiger partial charge in [-0.2, -0.15) is 11.8 Å². The van der Waals surface area contributed by atoms with Gasteiger partial charge in [-0.3, -0.25) is 4.79 Å². The third-order valence-electron chi connectivity index (χ3n) is 4.50. The zero-order valence-corrected chi connectivity index (χ0v) is 14.8. The van der Waals surface area contributed by atoms with Crippen LogP contribution in [0.25, 0.3) is 0 Å². The molecule has 0 spiro atoms. The van der Waals surface area contributed by atoms with E-state index in [2.05, 4.69) is 13.8 Å². The van der Waals surface area contributed by atoms with Crippen molar-refractivity contribution in [1.82, 2.24) is 0 Å². The molecule has 2 aliphatic rings. The van der Waals surface area contributed by atoms with E-state index in [1.807, 2.05) is 11.8 Å². The van der Waals surface area contributed by atoms with Crippen molar-refractivity contribution in [2.24, 2.45) is 5.92 Å². The minimum atomic E-state index is -3.01. The lowest BCUT2D eigenvalue weighted by atomic mass is 9.85. The highest BCUT2D eigenvalue weighted by molar-refractivity contribution is 8.08. The molecule has 1 saturated heterocycles. The summed E-state index contributed by atoms with van der Waals surface area (Å²) in [4.78, 5) is 12.6. The summed E-state index contributed by atoms with van der Waals surface area (Å²) in [6.07, 6.45) is 4.31. The summed E-state index contributed by atoms with van der Waals surface area (Å²) < 4.78 is 23.4. The lowest BCUT2D eigenvalue weighted by Gasteiger charge is -2.34. The summed E-state index contributed by atoms with van der Waals surface area (Å²) in [6.45, 7) is 4.39. The molecule has 0 amide bonds. The monoisotopic (exact) mass is 336 g/mol. The smallest absolute Gasteiger partial charge is 0.150 e. The third kappa shape index (κ3) is 3.95. The van der Waals surface area contributed by atoms with E-state index >= 15 is 0 Å². The van der Waals surface area contributed by atoms with Gasteiger partial charge in [0.1, 0.15) is 15.6 Å². The Balaban J connectivity index is 1.99. The van der Waals surface area contributed by atoms with Crippen LogP contribution in [0, 0.1) is 5.92 Å². The Morgan fingerprint density at radius 2 is 1.85 bits per heavy atom. The van der Waals surface area contributed by atoms with Crippen molar-refractivity contribution in [1.29, 1.82) is 0 Å². The number of hydrogen-bond donors (Lipinski definition) is 0. The van der Waals surface area contributed by atoms with Crippen molar-refractivity contribution >= 4 is 39.1 Å². The Hall–Kier alpha value is 0.320. The zero-order chi connectivity index (χ0) is 14.9. The zero-order valence-electron chi connectivity index (χ0n) is 12.4. The number of thioether (sulfide) groups is 2. The van der Waals surface area contributed by atoms with Gasteiger partial charge in [0.15, 0.2) is 0 Å². The summed E-state index contributed by atoms with van der Waals surface area (Å²) in [5.74, 6) is 1.14. The molecule has 3 nitrogen and oxygen atoms in total. The molecule has 5 atom stereocenters. The standard InChI is InChI=1S/C14H24O3S3/c1-9-10(2)19-13(8-18-9)14(15)11-5-4-6-12(7-11)20(3,16)17/h9-13H,4-8H2,1-3H3. The molecule has 0 aromatic carbocycles. The molecule has 0 N–H and O–H groups in total. The fourth-order valence-electron chi connectivity index (χ4n) is 2.99. The summed E-state index contributed by atoms with van der Waals surface area (Å²) in [7, 11) is -3.01. The fraction of sp³-hybridized carbons (Fsp3) is 0.929. The van der Waals surface area contributed by atoms with Crippen molar-refractivity contribution in [3.05, 3.63) is 0 Å². The van der Waals surface area contributed by atoms with Crippen LogP contribution in [0.5, 0.6) is 0 Å². The van der Waals surface area contributed by atoms with Gasteiger partial charge in [-0.05, 0) is 19.3 Å². The molecule has 5 unspecified atom stereocenters. The van der Waals surface area contributed by atoms with Gasteiger partial charge in [0.25, 0.3) is 0 Å². The lowest BCUT2D eigenvalue weighted by molar-refractivity contribution is -0.122. The molecule has 2 rings (SSSR count). The Bertz CT molecular complexity index is 460. The Labute approximate surface area is 131 Å². The van der Waals surface area contributed by atoms with Gasteiger partial charge in [-0.15, -0.1) is 11.8 Å². The first-order valence-corrected chi connectivity index (χ1v) is 11.2. The first kappa shape index (κ1) is 16.7. The average Bonchev–Trinajstić information content (AvgIpc) is 2.40. The van der Waals surface area contributed by atoms with Crippen molar-refractivity contribution < 1.29 is 13.2 Å². The van der Waals surface area contributed by atoms with E-state index < -0.39 is 9.84 Å². The van der Waals surface area contributed by atoms with Crippen LogP contribution < -0.4 is 0 Å². The molecular formula is C14H24O3S3. The van der Waals surface area contributed by atoms with Gasteiger partial charge < -0.3 is 0 Å². The number of sulfone groups is 1. The van der Waals surface area contributed by atoms with Crippen molar-refractivity contribution in [3.63, 3.8) is 0 Å². The van der Waals surface area contributed by atoms with E-state index in [0.29, 0.717) is 22.7 Å². The number of Topliss-reactive ketones (excluding diaryl/α,β-unsaturated/α-hetero) is 1. The summed E-state index contributed by atoms with van der Waals surface area (Å²) in [6, 6.07) is 0. The predicted molar refractivity (Wildman–Crippen MR) is 88.4 cm³/mol. The van der Waals surface area contributed by atoms with Gasteiger partial charge in [0.05, 0.1) is 10.5 Å². The van der Waals surface area contributed by atoms with E-state index in [9.17, 15) is 13.2 Å². The van der Waals surface area contributed by atoms with E-state index in [4.69, 9.17) is 0 Å². The summed E-state index contributed by atoms with van der Waals surface area (Å²) >= 11 is 3.66. The van der Waals surface area contributed by atoms with E-state index in [1.54, 1.807) is 11.8 Å². The van der Waals surface area contributed by atoms with Crippen molar-refractivity contribution in [2.75, 3.05) is 12.0 Å². The van der Waals surface area contributed by atoms with E-state index in [-0.39, 0.29) is 16.4 Å². The lowest BCUT2D eigenvalue weighted by Crippen LogP contribution is -2.39. The minimum absolute atomic E-state index is 0.0396. The SMILES string of the molecule is CC1SCC(C(=O)C2CCCC(S(C)(=O)=O)C2)SC1C. The second-order valence-corrected chi connectivity index (χ2v) is 11.4. The fourth-order valence-corrected chi connectivity index (χ4v) is 7.12. The molecule has 0 radical (unpaired) electrons. The molecule has 1 aliphatic carbocycles. The van der Waals surface area contributed by atoms with E-state index in [1.165, 1.54) is 6.26 Å². The first-order valence-electron chi connectivity index (χ1n) is 7.28. The Morgan fingerprint density at radius 1 is 1.15 bits per heavy atom. The molecule has 0 aromatic heterocycles. The number of hydrogen-bond acceptors (Lipinski definition) is 5. The molecular weight excluding hydrogens is 312 g/mol. The Kier molecular flexibility index (Phi) is 5.52. The first-order chi connectivity index (χ1) is 9.29. The van der Waals surface area contributed by atoms with Crippen LogP contribution in [-0.2, 0) is 14.6 Å². The molecule has 0 bridgehead atoms. The van der Waals surface area contributed by atoms with Crippen LogP contribution in [-0.4, -0.2) is 47.2 Å². The number of carbonyl (C=O) groups excluding carboxylic acids is 1. The van der Waals surface area contributed by atoms with Gasteiger partial charge in [0.2, 0.25) is 0 Å². The maximum Gasteiger partial charge on any atom is 0.150 e. The van der Waals surface area contributed by atoms with Gasteiger partial charge >= 0.3 is 0 Å². The number of rotatable bonds is 3. The topological polar surface area (TPSA) is 51.2 Å². The maximum absolute atomic E-state index is 12.6. The third-order valence-corrected chi connectivity index (χ3v) is 9.55. The van der Waals surface area contributed by atoms with Crippen molar-refractivity contribution in [3.8, 4) is 0 Å². The van der Waals surface area contributed by atoms with Crippen LogP contribution in [0.15, 0.2) is 0 Å². The summed E-state index contributed by atoms with van der Waals surface area (Å²) in [5, 5.41) is 0.855. The Morgan fingerprint density at radius 3 is 2.45 bits per heavy atom. The molecule has 6 heteroatoms. The van der Waals surface area contributed by atoms with Crippen LogP contribution in [0.3, 0.4) is 0 Å². The second-order valence-electron chi connectivity index (χ2n) is 6.09. The molecule has 20 heavy (non-hydrogen) atoms. The molecule has 1 saturated carbocycles.